The Labute approximate surface area is 182 Å². The highest BCUT2D eigenvalue weighted by atomic mass is 19.3. The van der Waals surface area contributed by atoms with Crippen molar-refractivity contribution in [3.8, 4) is 0 Å². The highest BCUT2D eigenvalue weighted by molar-refractivity contribution is 5.67. The van der Waals surface area contributed by atoms with Gasteiger partial charge >= 0.3 is 17.8 Å². The number of hydrogen-bond acceptors (Lipinski definition) is 2. The van der Waals surface area contributed by atoms with Gasteiger partial charge in [-0.05, 0) is 99.7 Å². The van der Waals surface area contributed by atoms with Crippen molar-refractivity contribution in [3.63, 3.8) is 0 Å². The number of hydrogen-bond donors (Lipinski definition) is 0. The van der Waals surface area contributed by atoms with Crippen molar-refractivity contribution in [1.82, 2.24) is 0 Å². The van der Waals surface area contributed by atoms with Crippen LogP contribution < -0.4 is 0 Å². The third kappa shape index (κ3) is 2.60. The molecule has 0 spiro atoms. The van der Waals surface area contributed by atoms with E-state index in [1.54, 1.807) is 0 Å². The van der Waals surface area contributed by atoms with Crippen LogP contribution in [0.1, 0.15) is 104 Å². The summed E-state index contributed by atoms with van der Waals surface area (Å²) >= 11 is 0. The molecule has 0 atom stereocenters. The first-order chi connectivity index (χ1) is 14.5. The molecule has 0 aromatic heterocycles. The van der Waals surface area contributed by atoms with Gasteiger partial charge in [0, 0.05) is 12.3 Å². The third-order valence-electron chi connectivity index (χ3n) is 11.0. The first-order valence-electron chi connectivity index (χ1n) is 12.4. The Morgan fingerprint density at radius 3 is 1.74 bits per heavy atom. The van der Waals surface area contributed by atoms with Crippen LogP contribution in [0.2, 0.25) is 0 Å². The fraction of sp³-hybridized carbons (Fsp3) is 0.960. The number of alkyl halides is 4. The van der Waals surface area contributed by atoms with Crippen LogP contribution in [0.4, 0.5) is 17.6 Å². The summed E-state index contributed by atoms with van der Waals surface area (Å²) in [6, 6.07) is 0. The maximum Gasteiger partial charge on any atom is 0.349 e. The van der Waals surface area contributed by atoms with Gasteiger partial charge in [-0.1, -0.05) is 19.8 Å². The van der Waals surface area contributed by atoms with Gasteiger partial charge in [0.05, 0.1) is 0 Å². The molecule has 0 radical (unpaired) electrons. The molecular formula is C25H36F4O2. The summed E-state index contributed by atoms with van der Waals surface area (Å²) in [6.07, 6.45) is 9.49. The average molecular weight is 445 g/mol. The fourth-order valence-corrected chi connectivity index (χ4v) is 9.02. The van der Waals surface area contributed by atoms with Crippen LogP contribution in [0.15, 0.2) is 0 Å². The lowest BCUT2D eigenvalue weighted by Gasteiger charge is -2.70. The van der Waals surface area contributed by atoms with Gasteiger partial charge < -0.3 is 4.74 Å². The average Bonchev–Trinajstić information content (AvgIpc) is 2.74. The van der Waals surface area contributed by atoms with E-state index in [0.29, 0.717) is 25.2 Å². The van der Waals surface area contributed by atoms with Crippen LogP contribution in [0.5, 0.6) is 0 Å². The standard InChI is InChI=1S/C25H36F4O2/c1-17-3-5-19(6-4-17)20-7-10-21(11-8-20,12-9-20)22-13-15-23(16-14-22,31-18(2)30)25(28,29)24(22,26)27/h17,19H,3-16H2,1-2H3. The van der Waals surface area contributed by atoms with E-state index in [-0.39, 0.29) is 31.1 Å². The molecule has 176 valence electrons. The van der Waals surface area contributed by atoms with Crippen LogP contribution in [0.3, 0.4) is 0 Å². The zero-order chi connectivity index (χ0) is 22.3. The minimum Gasteiger partial charge on any atom is -0.453 e. The summed E-state index contributed by atoms with van der Waals surface area (Å²) < 4.78 is 67.4. The second-order valence-electron chi connectivity index (χ2n) is 11.9. The normalized spacial score (nSPS) is 50.3. The predicted octanol–water partition coefficient (Wildman–Crippen LogP) is 7.30. The molecular weight excluding hydrogens is 408 g/mol. The molecule has 0 aliphatic heterocycles. The third-order valence-corrected chi connectivity index (χ3v) is 11.0. The number of esters is 1. The molecule has 6 heteroatoms. The predicted molar refractivity (Wildman–Crippen MR) is 109 cm³/mol. The van der Waals surface area contributed by atoms with Gasteiger partial charge in [-0.2, -0.15) is 17.6 Å². The molecule has 0 amide bonds. The monoisotopic (exact) mass is 444 g/mol. The molecule has 7 fully saturated rings. The molecule has 7 aliphatic rings. The summed E-state index contributed by atoms with van der Waals surface area (Å²) in [6.45, 7) is 3.34. The number of carbonyl (C=O) groups excluding carboxylic acids is 1. The molecule has 7 rings (SSSR count). The van der Waals surface area contributed by atoms with Crippen molar-refractivity contribution in [2.45, 2.75) is 121 Å². The zero-order valence-corrected chi connectivity index (χ0v) is 18.9. The molecule has 2 nitrogen and oxygen atoms in total. The summed E-state index contributed by atoms with van der Waals surface area (Å²) in [4.78, 5) is 11.5. The number of rotatable bonds is 3. The Morgan fingerprint density at radius 1 is 0.742 bits per heavy atom. The molecule has 4 bridgehead atoms. The molecule has 0 heterocycles. The van der Waals surface area contributed by atoms with Crippen LogP contribution in [-0.4, -0.2) is 23.4 Å². The lowest BCUT2D eigenvalue weighted by atomic mass is 9.37. The maximum absolute atomic E-state index is 15.8. The number of fused-ring (bicyclic) bond motifs is 6. The second-order valence-corrected chi connectivity index (χ2v) is 11.9. The Kier molecular flexibility index (Phi) is 4.70. The van der Waals surface area contributed by atoms with Gasteiger partial charge in [-0.3, -0.25) is 4.79 Å². The van der Waals surface area contributed by atoms with E-state index in [9.17, 15) is 4.79 Å². The molecule has 0 N–H and O–H groups in total. The van der Waals surface area contributed by atoms with Crippen LogP contribution in [-0.2, 0) is 9.53 Å². The van der Waals surface area contributed by atoms with E-state index in [0.717, 1.165) is 32.1 Å². The molecule has 0 saturated heterocycles. The van der Waals surface area contributed by atoms with Gasteiger partial charge in [-0.15, -0.1) is 0 Å². The van der Waals surface area contributed by atoms with Gasteiger partial charge in [-0.25, -0.2) is 0 Å². The molecule has 31 heavy (non-hydrogen) atoms. The van der Waals surface area contributed by atoms with E-state index in [1.165, 1.54) is 25.7 Å². The van der Waals surface area contributed by atoms with E-state index in [2.05, 4.69) is 6.92 Å². The van der Waals surface area contributed by atoms with Crippen molar-refractivity contribution >= 4 is 5.97 Å². The summed E-state index contributed by atoms with van der Waals surface area (Å²) in [5, 5.41) is 0. The van der Waals surface area contributed by atoms with Crippen molar-refractivity contribution < 1.29 is 27.1 Å². The maximum atomic E-state index is 15.8. The number of carbonyl (C=O) groups is 1. The van der Waals surface area contributed by atoms with E-state index < -0.39 is 34.2 Å². The molecule has 7 saturated carbocycles. The first kappa shape index (κ1) is 22.0. The Hall–Kier alpha value is -0.810. The first-order valence-corrected chi connectivity index (χ1v) is 12.4. The van der Waals surface area contributed by atoms with Gasteiger partial charge in [0.25, 0.3) is 0 Å². The van der Waals surface area contributed by atoms with Crippen molar-refractivity contribution in [3.05, 3.63) is 0 Å². The minimum atomic E-state index is -4.32. The SMILES string of the molecule is CC(=O)OC12CCC(C34CCC(C5CCC(C)CC5)(CC3)CC4)(CC1)C(F)(F)C2(F)F. The molecule has 0 aromatic rings. The Morgan fingerprint density at radius 2 is 1.26 bits per heavy atom. The number of ether oxygens (including phenoxy) is 1. The van der Waals surface area contributed by atoms with Crippen molar-refractivity contribution in [2.24, 2.45) is 28.1 Å². The largest absolute Gasteiger partial charge is 0.453 e. The summed E-state index contributed by atoms with van der Waals surface area (Å²) in [5.41, 5.74) is -4.46. The topological polar surface area (TPSA) is 26.3 Å². The quantitative estimate of drug-likeness (QED) is 0.337. The van der Waals surface area contributed by atoms with Crippen molar-refractivity contribution in [2.75, 3.05) is 0 Å². The van der Waals surface area contributed by atoms with E-state index >= 15 is 17.6 Å². The second kappa shape index (κ2) is 6.62. The van der Waals surface area contributed by atoms with Crippen LogP contribution in [0, 0.1) is 28.1 Å². The van der Waals surface area contributed by atoms with E-state index in [1.807, 2.05) is 0 Å². The van der Waals surface area contributed by atoms with Crippen molar-refractivity contribution in [1.29, 1.82) is 0 Å². The Bertz CT molecular complexity index is 720. The lowest BCUT2D eigenvalue weighted by molar-refractivity contribution is -0.409. The van der Waals surface area contributed by atoms with Gasteiger partial charge in [0.1, 0.15) is 0 Å². The highest BCUT2D eigenvalue weighted by Crippen LogP contribution is 2.78. The highest BCUT2D eigenvalue weighted by Gasteiger charge is 2.86. The van der Waals surface area contributed by atoms with Gasteiger partial charge in [0.15, 0.2) is 5.60 Å². The van der Waals surface area contributed by atoms with E-state index in [4.69, 9.17) is 4.74 Å². The summed E-state index contributed by atoms with van der Waals surface area (Å²) in [5.74, 6) is -7.91. The number of halogens is 4. The smallest absolute Gasteiger partial charge is 0.349 e. The summed E-state index contributed by atoms with van der Waals surface area (Å²) in [7, 11) is 0. The van der Waals surface area contributed by atoms with Gasteiger partial charge in [0.2, 0.25) is 0 Å². The fourth-order valence-electron chi connectivity index (χ4n) is 9.02. The minimum absolute atomic E-state index is 0.0385. The van der Waals surface area contributed by atoms with Crippen LogP contribution in [0.25, 0.3) is 0 Å². The Balaban J connectivity index is 1.43. The zero-order valence-electron chi connectivity index (χ0n) is 18.9. The molecule has 0 unspecified atom stereocenters. The molecule has 0 aromatic carbocycles. The van der Waals surface area contributed by atoms with Crippen LogP contribution >= 0.6 is 0 Å². The molecule has 7 aliphatic carbocycles. The lowest BCUT2D eigenvalue weighted by Crippen LogP contribution is -2.77.